The monoisotopic (exact) mass is 326 g/mol. The van der Waals surface area contributed by atoms with Crippen LogP contribution in [-0.2, 0) is 19.6 Å². The molecule has 2 aromatic rings. The molecule has 21 heavy (non-hydrogen) atoms. The number of benzene rings is 1. The second-order valence-electron chi connectivity index (χ2n) is 4.19. The van der Waals surface area contributed by atoms with Gasteiger partial charge in [0, 0.05) is 0 Å². The molecule has 0 fully saturated rings. The molecule has 0 aliphatic rings. The zero-order chi connectivity index (χ0) is 15.5. The highest BCUT2D eigenvalue weighted by molar-refractivity contribution is 7.91. The summed E-state index contributed by atoms with van der Waals surface area (Å²) < 4.78 is 31.7. The number of rotatable bonds is 5. The summed E-state index contributed by atoms with van der Waals surface area (Å²) in [6, 6.07) is 7.43. The molecule has 1 aromatic heterocycles. The quantitative estimate of drug-likeness (QED) is 0.844. The summed E-state index contributed by atoms with van der Waals surface area (Å²) in [5, 5.41) is 0.629. The van der Waals surface area contributed by atoms with Crippen LogP contribution in [0.1, 0.15) is 16.6 Å². The summed E-state index contributed by atoms with van der Waals surface area (Å²) in [7, 11) is -2.63. The highest BCUT2D eigenvalue weighted by atomic mass is 32.2. The Hall–Kier alpha value is -1.77. The number of methoxy groups -OCH3 is 1. The van der Waals surface area contributed by atoms with Gasteiger partial charge in [0.25, 0.3) is 10.0 Å². The largest absolute Gasteiger partial charge is 0.468 e. The van der Waals surface area contributed by atoms with Gasteiger partial charge in [0.2, 0.25) is 0 Å². The lowest BCUT2D eigenvalue weighted by molar-refractivity contribution is -0.142. The van der Waals surface area contributed by atoms with Gasteiger partial charge in [-0.2, -0.15) is 4.72 Å². The van der Waals surface area contributed by atoms with Crippen molar-refractivity contribution in [2.24, 2.45) is 0 Å². The molecule has 0 bridgehead atoms. The molecule has 8 heteroatoms. The zero-order valence-electron chi connectivity index (χ0n) is 11.4. The van der Waals surface area contributed by atoms with Gasteiger partial charge >= 0.3 is 5.97 Å². The summed E-state index contributed by atoms with van der Waals surface area (Å²) in [4.78, 5) is 15.8. The average Bonchev–Trinajstić information content (AvgIpc) is 2.92. The van der Waals surface area contributed by atoms with Crippen LogP contribution in [0.5, 0.6) is 0 Å². The summed E-state index contributed by atoms with van der Waals surface area (Å²) in [6.07, 6.45) is 1.27. The number of hydrogen-bond donors (Lipinski definition) is 1. The van der Waals surface area contributed by atoms with E-state index in [4.69, 9.17) is 0 Å². The van der Waals surface area contributed by atoms with Gasteiger partial charge < -0.3 is 4.74 Å². The highest BCUT2D eigenvalue weighted by Gasteiger charge is 2.28. The number of aryl methyl sites for hydroxylation is 1. The van der Waals surface area contributed by atoms with Crippen molar-refractivity contribution >= 4 is 27.3 Å². The van der Waals surface area contributed by atoms with Crippen LogP contribution in [0.2, 0.25) is 0 Å². The molecule has 112 valence electrons. The molecule has 6 nitrogen and oxygen atoms in total. The maximum absolute atomic E-state index is 12.3. The minimum Gasteiger partial charge on any atom is -0.468 e. The molecular weight excluding hydrogens is 312 g/mol. The maximum Gasteiger partial charge on any atom is 0.328 e. The summed E-state index contributed by atoms with van der Waals surface area (Å²) in [5.41, 5.74) is 0.508. The van der Waals surface area contributed by atoms with E-state index in [0.717, 1.165) is 11.3 Å². The van der Waals surface area contributed by atoms with E-state index in [9.17, 15) is 13.2 Å². The van der Waals surface area contributed by atoms with E-state index in [1.807, 2.05) is 0 Å². The van der Waals surface area contributed by atoms with Crippen LogP contribution in [0.4, 0.5) is 0 Å². The Morgan fingerprint density at radius 2 is 2.00 bits per heavy atom. The maximum atomic E-state index is 12.3. The van der Waals surface area contributed by atoms with E-state index in [1.165, 1.54) is 13.3 Å². The molecule has 1 N–H and O–H groups in total. The molecule has 0 aliphatic heterocycles. The molecule has 1 atom stereocenters. The second-order valence-corrected chi connectivity index (χ2v) is 7.36. The van der Waals surface area contributed by atoms with E-state index in [2.05, 4.69) is 14.4 Å². The van der Waals surface area contributed by atoms with Gasteiger partial charge in [0.15, 0.2) is 4.21 Å². The normalized spacial score (nSPS) is 12.9. The first-order chi connectivity index (χ1) is 9.94. The number of ether oxygens (including phenoxy) is 1. The van der Waals surface area contributed by atoms with E-state index < -0.39 is 22.0 Å². The molecule has 0 aliphatic carbocycles. The first-order valence-electron chi connectivity index (χ1n) is 6.01. The minimum atomic E-state index is -3.84. The predicted octanol–water partition coefficient (Wildman–Crippen LogP) is 1.64. The Bertz CT molecular complexity index is 726. The third-order valence-electron chi connectivity index (χ3n) is 2.71. The van der Waals surface area contributed by atoms with Crippen LogP contribution in [0.15, 0.2) is 40.7 Å². The number of sulfonamides is 1. The van der Waals surface area contributed by atoms with Gasteiger partial charge in [-0.3, -0.25) is 0 Å². The van der Waals surface area contributed by atoms with Crippen LogP contribution < -0.4 is 4.72 Å². The lowest BCUT2D eigenvalue weighted by Gasteiger charge is -2.16. The third kappa shape index (κ3) is 3.66. The van der Waals surface area contributed by atoms with E-state index >= 15 is 0 Å². The smallest absolute Gasteiger partial charge is 0.328 e. The number of nitrogens with one attached hydrogen (secondary N) is 1. The Morgan fingerprint density at radius 1 is 1.33 bits per heavy atom. The van der Waals surface area contributed by atoms with Crippen molar-refractivity contribution in [1.82, 2.24) is 9.71 Å². The lowest BCUT2D eigenvalue weighted by atomic mass is 10.1. The fraction of sp³-hybridized carbons (Fsp3) is 0.231. The van der Waals surface area contributed by atoms with Gasteiger partial charge in [0.05, 0.1) is 18.3 Å². The zero-order valence-corrected chi connectivity index (χ0v) is 13.1. The summed E-state index contributed by atoms with van der Waals surface area (Å²) >= 11 is 1.04. The number of esters is 1. The predicted molar refractivity (Wildman–Crippen MR) is 78.4 cm³/mol. The molecule has 0 radical (unpaired) electrons. The molecule has 0 amide bonds. The van der Waals surface area contributed by atoms with Crippen molar-refractivity contribution < 1.29 is 17.9 Å². The van der Waals surface area contributed by atoms with Gasteiger partial charge in [-0.15, -0.1) is 11.3 Å². The van der Waals surface area contributed by atoms with Crippen molar-refractivity contribution in [2.45, 2.75) is 17.2 Å². The molecule has 0 spiro atoms. The van der Waals surface area contributed by atoms with E-state index in [0.29, 0.717) is 10.6 Å². The topological polar surface area (TPSA) is 85.4 Å². The van der Waals surface area contributed by atoms with Crippen molar-refractivity contribution in [2.75, 3.05) is 7.11 Å². The Morgan fingerprint density at radius 3 is 2.52 bits per heavy atom. The van der Waals surface area contributed by atoms with Crippen LogP contribution >= 0.6 is 11.3 Å². The first-order valence-corrected chi connectivity index (χ1v) is 8.31. The van der Waals surface area contributed by atoms with E-state index in [1.54, 1.807) is 37.3 Å². The van der Waals surface area contributed by atoms with Crippen LogP contribution in [0, 0.1) is 6.92 Å². The number of nitrogens with zero attached hydrogens (tertiary/aromatic N) is 1. The number of carbonyl (C=O) groups excluding carboxylic acids is 1. The molecule has 2 rings (SSSR count). The van der Waals surface area contributed by atoms with Crippen molar-refractivity contribution in [1.29, 1.82) is 0 Å². The van der Waals surface area contributed by atoms with Crippen molar-refractivity contribution in [3.63, 3.8) is 0 Å². The average molecular weight is 326 g/mol. The molecule has 0 saturated heterocycles. The Balaban J connectivity index is 2.34. The molecular formula is C13H14N2O4S2. The van der Waals surface area contributed by atoms with Crippen molar-refractivity contribution in [3.05, 3.63) is 47.1 Å². The minimum absolute atomic E-state index is 0.0600. The third-order valence-corrected chi connectivity index (χ3v) is 5.50. The fourth-order valence-corrected chi connectivity index (χ4v) is 3.99. The Kier molecular flexibility index (Phi) is 4.71. The van der Waals surface area contributed by atoms with Gasteiger partial charge in [-0.25, -0.2) is 18.2 Å². The molecule has 1 unspecified atom stereocenters. The molecule has 0 saturated carbocycles. The lowest BCUT2D eigenvalue weighted by Crippen LogP contribution is -2.34. The van der Waals surface area contributed by atoms with Crippen LogP contribution in [0.25, 0.3) is 0 Å². The van der Waals surface area contributed by atoms with E-state index in [-0.39, 0.29) is 4.21 Å². The summed E-state index contributed by atoms with van der Waals surface area (Å²) in [5.74, 6) is -0.675. The van der Waals surface area contributed by atoms with Crippen LogP contribution in [-0.4, -0.2) is 26.5 Å². The number of carbonyl (C=O) groups is 1. The second kappa shape index (κ2) is 6.33. The number of thiazole rings is 1. The Labute approximate surface area is 126 Å². The number of aromatic nitrogens is 1. The number of hydrogen-bond acceptors (Lipinski definition) is 6. The van der Waals surface area contributed by atoms with Crippen LogP contribution in [0.3, 0.4) is 0 Å². The first kappa shape index (κ1) is 15.6. The molecule has 1 heterocycles. The standard InChI is InChI=1S/C13H14N2O4S2/c1-9-14-8-11(20-9)21(17,18)15-12(13(16)19-2)10-6-4-3-5-7-10/h3-8,12,15H,1-2H3. The van der Waals surface area contributed by atoms with Gasteiger partial charge in [-0.1, -0.05) is 30.3 Å². The fourth-order valence-electron chi connectivity index (χ4n) is 1.69. The SMILES string of the molecule is COC(=O)C(NS(=O)(=O)c1cnc(C)s1)c1ccccc1. The van der Waals surface area contributed by atoms with Gasteiger partial charge in [0.1, 0.15) is 6.04 Å². The van der Waals surface area contributed by atoms with Crippen molar-refractivity contribution in [3.8, 4) is 0 Å². The van der Waals surface area contributed by atoms with Gasteiger partial charge in [-0.05, 0) is 12.5 Å². The highest BCUT2D eigenvalue weighted by Crippen LogP contribution is 2.22. The molecule has 1 aromatic carbocycles. The summed E-state index contributed by atoms with van der Waals surface area (Å²) in [6.45, 7) is 1.71.